The van der Waals surface area contributed by atoms with Gasteiger partial charge in [-0.15, -0.1) is 0 Å². The van der Waals surface area contributed by atoms with Crippen molar-refractivity contribution in [3.63, 3.8) is 0 Å². The highest BCUT2D eigenvalue weighted by molar-refractivity contribution is 7.89. The van der Waals surface area contributed by atoms with Gasteiger partial charge in [0.05, 0.1) is 0 Å². The highest BCUT2D eigenvalue weighted by Crippen LogP contribution is 2.24. The van der Waals surface area contributed by atoms with Gasteiger partial charge in [-0.25, -0.2) is 12.8 Å². The fraction of sp³-hybridized carbons (Fsp3) is 0.316. The Hall–Kier alpha value is -1.96. The summed E-state index contributed by atoms with van der Waals surface area (Å²) in [6, 6.07) is 9.93. The van der Waals surface area contributed by atoms with Gasteiger partial charge >= 0.3 is 0 Å². The number of benzene rings is 2. The van der Waals surface area contributed by atoms with Crippen LogP contribution in [0.4, 0.5) is 10.1 Å². The number of hydrogen-bond donors (Lipinski definition) is 1. The number of nitrogens with zero attached hydrogens (tertiary/aromatic N) is 1. The summed E-state index contributed by atoms with van der Waals surface area (Å²) in [4.78, 5) is 12.0. The Kier molecular flexibility index (Phi) is 6.14. The molecule has 2 aromatic rings. The monoisotopic (exact) mass is 410 g/mol. The molecule has 2 aromatic carbocycles. The quantitative estimate of drug-likeness (QED) is 0.817. The Morgan fingerprint density at radius 3 is 2.41 bits per heavy atom. The van der Waals surface area contributed by atoms with E-state index in [1.54, 1.807) is 24.3 Å². The number of hydrogen-bond acceptors (Lipinski definition) is 3. The largest absolute Gasteiger partial charge is 0.322 e. The number of carbonyl (C=O) groups is 1. The molecule has 0 bridgehead atoms. The molecule has 144 valence electrons. The van der Waals surface area contributed by atoms with Crippen LogP contribution in [-0.4, -0.2) is 31.7 Å². The zero-order valence-electron chi connectivity index (χ0n) is 14.6. The van der Waals surface area contributed by atoms with Gasteiger partial charge in [-0.3, -0.25) is 4.79 Å². The SMILES string of the molecule is O=C(Nc1cccc(Cl)c1)c1ccc(F)c(S(=O)(=O)N2CCCCCC2)c1. The van der Waals surface area contributed by atoms with E-state index >= 15 is 0 Å². The molecule has 0 aromatic heterocycles. The number of amides is 1. The maximum atomic E-state index is 14.3. The highest BCUT2D eigenvalue weighted by atomic mass is 35.5. The van der Waals surface area contributed by atoms with Crippen molar-refractivity contribution in [2.24, 2.45) is 0 Å². The average molecular weight is 411 g/mol. The Morgan fingerprint density at radius 2 is 1.74 bits per heavy atom. The second-order valence-electron chi connectivity index (χ2n) is 6.43. The minimum absolute atomic E-state index is 0.0600. The molecule has 5 nitrogen and oxygen atoms in total. The lowest BCUT2D eigenvalue weighted by Crippen LogP contribution is -2.32. The first-order valence-electron chi connectivity index (χ1n) is 8.74. The van der Waals surface area contributed by atoms with Gasteiger partial charge < -0.3 is 5.32 Å². The van der Waals surface area contributed by atoms with Gasteiger partial charge in [0.15, 0.2) is 0 Å². The zero-order chi connectivity index (χ0) is 19.4. The number of halogens is 2. The predicted octanol–water partition coefficient (Wildman–Crippen LogP) is 4.30. The first kappa shape index (κ1) is 19.8. The van der Waals surface area contributed by atoms with Crippen molar-refractivity contribution in [3.05, 3.63) is 58.9 Å². The summed E-state index contributed by atoms with van der Waals surface area (Å²) in [7, 11) is -3.99. The maximum absolute atomic E-state index is 14.3. The molecule has 1 saturated heterocycles. The molecular formula is C19H20ClFN2O3S. The van der Waals surface area contributed by atoms with Crippen LogP contribution >= 0.6 is 11.6 Å². The van der Waals surface area contributed by atoms with Gasteiger partial charge in [-0.1, -0.05) is 30.5 Å². The molecule has 1 amide bonds. The van der Waals surface area contributed by atoms with E-state index in [0.717, 1.165) is 37.8 Å². The summed E-state index contributed by atoms with van der Waals surface area (Å²) in [5, 5.41) is 3.09. The molecule has 0 saturated carbocycles. The number of sulfonamides is 1. The summed E-state index contributed by atoms with van der Waals surface area (Å²) < 4.78 is 41.4. The van der Waals surface area contributed by atoms with Gasteiger partial charge in [-0.2, -0.15) is 4.31 Å². The van der Waals surface area contributed by atoms with Crippen LogP contribution in [-0.2, 0) is 10.0 Å². The molecule has 1 aliphatic rings. The number of rotatable bonds is 4. The summed E-state index contributed by atoms with van der Waals surface area (Å²) in [5.41, 5.74) is 0.526. The lowest BCUT2D eigenvalue weighted by Gasteiger charge is -2.20. The summed E-state index contributed by atoms with van der Waals surface area (Å²) in [5.74, 6) is -1.40. The summed E-state index contributed by atoms with van der Waals surface area (Å²) >= 11 is 5.89. The van der Waals surface area contributed by atoms with Crippen LogP contribution in [0.15, 0.2) is 47.4 Å². The van der Waals surface area contributed by atoms with Crippen molar-refractivity contribution < 1.29 is 17.6 Å². The molecule has 0 unspecified atom stereocenters. The smallest absolute Gasteiger partial charge is 0.255 e. The van der Waals surface area contributed by atoms with Crippen LogP contribution < -0.4 is 5.32 Å². The van der Waals surface area contributed by atoms with Gasteiger partial charge in [0.25, 0.3) is 5.91 Å². The molecule has 1 aliphatic heterocycles. The maximum Gasteiger partial charge on any atom is 0.255 e. The molecule has 8 heteroatoms. The topological polar surface area (TPSA) is 66.5 Å². The van der Waals surface area contributed by atoms with Crippen LogP contribution in [0.25, 0.3) is 0 Å². The second-order valence-corrected chi connectivity index (χ2v) is 8.77. The molecular weight excluding hydrogens is 391 g/mol. The normalized spacial score (nSPS) is 15.9. The van der Waals surface area contributed by atoms with Crippen molar-refractivity contribution >= 4 is 33.2 Å². The molecule has 0 aliphatic carbocycles. The van der Waals surface area contributed by atoms with E-state index < -0.39 is 26.6 Å². The van der Waals surface area contributed by atoms with Crippen molar-refractivity contribution in [2.75, 3.05) is 18.4 Å². The van der Waals surface area contributed by atoms with Crippen LogP contribution in [0.3, 0.4) is 0 Å². The van der Waals surface area contributed by atoms with Crippen molar-refractivity contribution in [2.45, 2.75) is 30.6 Å². The van der Waals surface area contributed by atoms with Crippen molar-refractivity contribution in [1.82, 2.24) is 4.31 Å². The molecule has 3 rings (SSSR count). The molecule has 0 radical (unpaired) electrons. The van der Waals surface area contributed by atoms with E-state index in [9.17, 15) is 17.6 Å². The molecule has 0 atom stereocenters. The van der Waals surface area contributed by atoms with Crippen LogP contribution in [0.2, 0.25) is 5.02 Å². The zero-order valence-corrected chi connectivity index (χ0v) is 16.2. The van der Waals surface area contributed by atoms with Gasteiger partial charge in [0.1, 0.15) is 10.7 Å². The van der Waals surface area contributed by atoms with Crippen molar-refractivity contribution in [3.8, 4) is 0 Å². The van der Waals surface area contributed by atoms with E-state index in [0.29, 0.717) is 23.8 Å². The standard InChI is InChI=1S/C19H20ClFN2O3S/c20-15-6-5-7-16(13-15)22-19(24)14-8-9-17(21)18(12-14)27(25,26)23-10-3-1-2-4-11-23/h5-9,12-13H,1-4,10-11H2,(H,22,24). The molecule has 1 fully saturated rings. The van der Waals surface area contributed by atoms with Crippen molar-refractivity contribution in [1.29, 1.82) is 0 Å². The van der Waals surface area contributed by atoms with Gasteiger partial charge in [-0.05, 0) is 49.2 Å². The van der Waals surface area contributed by atoms with Crippen LogP contribution in [0, 0.1) is 5.82 Å². The van der Waals surface area contributed by atoms with E-state index in [4.69, 9.17) is 11.6 Å². The Bertz CT molecular complexity index is 942. The van der Waals surface area contributed by atoms with Crippen LogP contribution in [0.5, 0.6) is 0 Å². The van der Waals surface area contributed by atoms with Crippen LogP contribution in [0.1, 0.15) is 36.0 Å². The Balaban J connectivity index is 1.88. The van der Waals surface area contributed by atoms with Gasteiger partial charge in [0.2, 0.25) is 10.0 Å². The second kappa shape index (κ2) is 8.37. The Labute approximate surface area is 163 Å². The van der Waals surface area contributed by atoms with E-state index in [-0.39, 0.29) is 5.56 Å². The van der Waals surface area contributed by atoms with E-state index in [1.807, 2.05) is 0 Å². The first-order chi connectivity index (χ1) is 12.9. The lowest BCUT2D eigenvalue weighted by atomic mass is 10.2. The molecule has 1 heterocycles. The summed E-state index contributed by atoms with van der Waals surface area (Å²) in [6.45, 7) is 0.724. The molecule has 1 N–H and O–H groups in total. The van der Waals surface area contributed by atoms with Gasteiger partial charge in [0, 0.05) is 29.4 Å². The third-order valence-electron chi connectivity index (χ3n) is 4.46. The predicted molar refractivity (Wildman–Crippen MR) is 103 cm³/mol. The average Bonchev–Trinajstić information content (AvgIpc) is 2.92. The number of anilines is 1. The summed E-state index contributed by atoms with van der Waals surface area (Å²) in [6.07, 6.45) is 3.40. The highest BCUT2D eigenvalue weighted by Gasteiger charge is 2.28. The minimum Gasteiger partial charge on any atom is -0.322 e. The fourth-order valence-electron chi connectivity index (χ4n) is 3.03. The van der Waals surface area contributed by atoms with E-state index in [2.05, 4.69) is 5.32 Å². The minimum atomic E-state index is -3.99. The fourth-order valence-corrected chi connectivity index (χ4v) is 4.83. The lowest BCUT2D eigenvalue weighted by molar-refractivity contribution is 0.102. The number of carbonyl (C=O) groups excluding carboxylic acids is 1. The molecule has 27 heavy (non-hydrogen) atoms. The van der Waals surface area contributed by atoms with E-state index in [1.165, 1.54) is 10.4 Å². The molecule has 0 spiro atoms. The first-order valence-corrected chi connectivity index (χ1v) is 10.6. The third-order valence-corrected chi connectivity index (χ3v) is 6.61. The third kappa shape index (κ3) is 4.66. The number of nitrogens with one attached hydrogen (secondary N) is 1. The Morgan fingerprint density at radius 1 is 1.04 bits per heavy atom.